The highest BCUT2D eigenvalue weighted by Crippen LogP contribution is 2.20. The average Bonchev–Trinajstić information content (AvgIpc) is 2.22. The van der Waals surface area contributed by atoms with Gasteiger partial charge in [0.05, 0.1) is 5.54 Å². The molecule has 15 heavy (non-hydrogen) atoms. The van der Waals surface area contributed by atoms with Crippen molar-refractivity contribution in [3.05, 3.63) is 11.4 Å². The summed E-state index contributed by atoms with van der Waals surface area (Å²) in [5.74, 6) is 0. The summed E-state index contributed by atoms with van der Waals surface area (Å²) >= 11 is 0. The number of aromatic nitrogens is 2. The first-order valence-corrected chi connectivity index (χ1v) is 4.81. The average molecular weight is 219 g/mol. The highest BCUT2D eigenvalue weighted by molar-refractivity contribution is 6.74. The Labute approximate surface area is 87.5 Å². The highest BCUT2D eigenvalue weighted by Gasteiger charge is 2.33. The molecule has 86 valence electrons. The molecule has 0 N–H and O–H groups in total. The van der Waals surface area contributed by atoms with Crippen LogP contribution in [0.2, 0.25) is 0 Å². The van der Waals surface area contributed by atoms with Gasteiger partial charge in [0, 0.05) is 11.4 Å². The van der Waals surface area contributed by atoms with Crippen LogP contribution in [0.3, 0.4) is 0 Å². The Kier molecular flexibility index (Phi) is 2.66. The second-order valence-electron chi connectivity index (χ2n) is 4.74. The zero-order valence-corrected chi connectivity index (χ0v) is 9.61. The van der Waals surface area contributed by atoms with E-state index in [0.29, 0.717) is 0 Å². The summed E-state index contributed by atoms with van der Waals surface area (Å²) in [6.45, 7) is 3.40. The smallest absolute Gasteiger partial charge is 0.445 e. The minimum absolute atomic E-state index is 0.0647. The molecule has 0 fully saturated rings. The summed E-state index contributed by atoms with van der Waals surface area (Å²) in [7, 11) is 0. The van der Waals surface area contributed by atoms with Crippen molar-refractivity contribution in [1.82, 2.24) is 9.78 Å². The Bertz CT molecular complexity index is 374. The molecule has 0 aliphatic carbocycles. The summed E-state index contributed by atoms with van der Waals surface area (Å²) in [6.07, 6.45) is 0. The largest absolute Gasteiger partial charge is 0.513 e. The molecular weight excluding hydrogens is 204 g/mol. The van der Waals surface area contributed by atoms with Crippen LogP contribution in [0.4, 0.5) is 12.9 Å². The third kappa shape index (κ3) is 2.18. The van der Waals surface area contributed by atoms with E-state index in [9.17, 15) is 12.9 Å². The summed E-state index contributed by atoms with van der Waals surface area (Å²) in [5, 5.41) is 3.96. The SMILES string of the molecule is Cc1nn(C(C)(C)C)c(C)c1[B-](F)(F)F. The van der Waals surface area contributed by atoms with E-state index >= 15 is 0 Å². The van der Waals surface area contributed by atoms with Gasteiger partial charge in [-0.25, -0.2) is 0 Å². The lowest BCUT2D eigenvalue weighted by atomic mass is 9.78. The molecule has 0 aliphatic heterocycles. The first-order chi connectivity index (χ1) is 6.55. The minimum Gasteiger partial charge on any atom is -0.445 e. The maximum absolute atomic E-state index is 12.7. The molecule has 1 rings (SSSR count). The molecule has 0 aromatic carbocycles. The summed E-state index contributed by atoms with van der Waals surface area (Å²) in [4.78, 5) is 0. The van der Waals surface area contributed by atoms with Crippen molar-refractivity contribution in [2.45, 2.75) is 40.2 Å². The van der Waals surface area contributed by atoms with Crippen LogP contribution in [0.15, 0.2) is 0 Å². The third-order valence-electron chi connectivity index (χ3n) is 2.31. The predicted octanol–water partition coefficient (Wildman–Crippen LogP) is 2.31. The molecule has 1 aromatic rings. The standard InChI is InChI=1S/C9H15BF3N2/c1-6-8(10(11,12)13)7(2)15(14-6)9(3,4)5/h1-5H3/q-1. The van der Waals surface area contributed by atoms with Gasteiger partial charge in [-0.3, -0.25) is 4.68 Å². The first kappa shape index (κ1) is 12.1. The number of rotatable bonds is 1. The first-order valence-electron chi connectivity index (χ1n) is 4.81. The van der Waals surface area contributed by atoms with Crippen molar-refractivity contribution in [1.29, 1.82) is 0 Å². The number of hydrogen-bond donors (Lipinski definition) is 0. The van der Waals surface area contributed by atoms with Gasteiger partial charge in [-0.1, -0.05) is 5.46 Å². The normalized spacial score (nSPS) is 13.3. The van der Waals surface area contributed by atoms with Gasteiger partial charge in [-0.05, 0) is 34.6 Å². The van der Waals surface area contributed by atoms with Crippen molar-refractivity contribution in [3.8, 4) is 0 Å². The monoisotopic (exact) mass is 219 g/mol. The van der Waals surface area contributed by atoms with Crippen molar-refractivity contribution in [3.63, 3.8) is 0 Å². The van der Waals surface area contributed by atoms with E-state index in [1.54, 1.807) is 0 Å². The van der Waals surface area contributed by atoms with Gasteiger partial charge in [0.25, 0.3) is 0 Å². The second kappa shape index (κ2) is 3.28. The van der Waals surface area contributed by atoms with E-state index in [4.69, 9.17) is 0 Å². The number of aryl methyl sites for hydroxylation is 1. The van der Waals surface area contributed by atoms with E-state index < -0.39 is 18.0 Å². The van der Waals surface area contributed by atoms with Crippen LogP contribution < -0.4 is 5.46 Å². The van der Waals surface area contributed by atoms with Crippen LogP contribution >= 0.6 is 0 Å². The minimum atomic E-state index is -4.97. The highest BCUT2D eigenvalue weighted by atomic mass is 19.4. The molecular formula is C9H15BF3N2-. The third-order valence-corrected chi connectivity index (χ3v) is 2.31. The van der Waals surface area contributed by atoms with Crippen molar-refractivity contribution in [2.75, 3.05) is 0 Å². The van der Waals surface area contributed by atoms with E-state index in [2.05, 4.69) is 5.10 Å². The van der Waals surface area contributed by atoms with Crippen LogP contribution in [-0.4, -0.2) is 16.8 Å². The molecule has 1 heterocycles. The zero-order valence-electron chi connectivity index (χ0n) is 9.61. The van der Waals surface area contributed by atoms with Crippen LogP contribution in [0, 0.1) is 13.8 Å². The summed E-state index contributed by atoms with van der Waals surface area (Å²) < 4.78 is 39.6. The molecule has 6 heteroatoms. The lowest BCUT2D eigenvalue weighted by Gasteiger charge is -2.23. The molecule has 0 atom stereocenters. The molecule has 0 saturated heterocycles. The van der Waals surface area contributed by atoms with Gasteiger partial charge in [-0.15, -0.1) is 0 Å². The van der Waals surface area contributed by atoms with E-state index in [0.717, 1.165) is 0 Å². The topological polar surface area (TPSA) is 17.8 Å². The van der Waals surface area contributed by atoms with E-state index in [1.165, 1.54) is 18.5 Å². The number of hydrogen-bond acceptors (Lipinski definition) is 1. The maximum Gasteiger partial charge on any atom is 0.513 e. The van der Waals surface area contributed by atoms with Crippen molar-refractivity contribution >= 4 is 12.4 Å². The van der Waals surface area contributed by atoms with E-state index in [1.807, 2.05) is 20.8 Å². The molecule has 0 aliphatic rings. The zero-order chi connectivity index (χ0) is 12.0. The van der Waals surface area contributed by atoms with Crippen LogP contribution in [-0.2, 0) is 5.54 Å². The molecule has 1 aromatic heterocycles. The quantitative estimate of drug-likeness (QED) is 0.662. The molecule has 0 radical (unpaired) electrons. The molecule has 0 amide bonds. The van der Waals surface area contributed by atoms with Gasteiger partial charge in [0.15, 0.2) is 0 Å². The van der Waals surface area contributed by atoms with Gasteiger partial charge in [0.2, 0.25) is 0 Å². The fourth-order valence-corrected chi connectivity index (χ4v) is 1.78. The molecule has 0 unspecified atom stereocenters. The van der Waals surface area contributed by atoms with Gasteiger partial charge in [0.1, 0.15) is 0 Å². The Morgan fingerprint density at radius 1 is 1.13 bits per heavy atom. The van der Waals surface area contributed by atoms with Gasteiger partial charge >= 0.3 is 6.98 Å². The fourth-order valence-electron chi connectivity index (χ4n) is 1.78. The maximum atomic E-state index is 12.7. The number of nitrogens with zero attached hydrogens (tertiary/aromatic N) is 2. The Balaban J connectivity index is 3.41. The lowest BCUT2D eigenvalue weighted by Crippen LogP contribution is -2.38. The Morgan fingerprint density at radius 3 is 1.80 bits per heavy atom. The molecule has 0 saturated carbocycles. The van der Waals surface area contributed by atoms with Crippen LogP contribution in [0.5, 0.6) is 0 Å². The van der Waals surface area contributed by atoms with Crippen LogP contribution in [0.1, 0.15) is 32.2 Å². The molecule has 0 bridgehead atoms. The van der Waals surface area contributed by atoms with Gasteiger partial charge in [-0.2, -0.15) is 5.10 Å². The fraction of sp³-hybridized carbons (Fsp3) is 0.667. The summed E-state index contributed by atoms with van der Waals surface area (Å²) in [5.41, 5.74) is -0.707. The molecule has 0 spiro atoms. The van der Waals surface area contributed by atoms with Gasteiger partial charge < -0.3 is 12.9 Å². The van der Waals surface area contributed by atoms with Crippen LogP contribution in [0.25, 0.3) is 0 Å². The Morgan fingerprint density at radius 2 is 1.60 bits per heavy atom. The Hall–Kier alpha value is -0.935. The lowest BCUT2D eigenvalue weighted by molar-refractivity contribution is 0.346. The summed E-state index contributed by atoms with van der Waals surface area (Å²) in [6, 6.07) is 0. The molecule has 2 nitrogen and oxygen atoms in total. The van der Waals surface area contributed by atoms with E-state index in [-0.39, 0.29) is 11.4 Å². The predicted molar refractivity (Wildman–Crippen MR) is 55.4 cm³/mol. The second-order valence-corrected chi connectivity index (χ2v) is 4.74. The van der Waals surface area contributed by atoms with Crippen molar-refractivity contribution in [2.24, 2.45) is 0 Å². The number of halogens is 3. The van der Waals surface area contributed by atoms with Crippen molar-refractivity contribution < 1.29 is 12.9 Å².